The number of rotatable bonds is 4. The number of hydrogen-bond donors (Lipinski definition) is 0. The summed E-state index contributed by atoms with van der Waals surface area (Å²) >= 11 is 0. The van der Waals surface area contributed by atoms with Crippen LogP contribution in [0.4, 0.5) is 5.69 Å². The van der Waals surface area contributed by atoms with Gasteiger partial charge in [0.15, 0.2) is 5.78 Å². The Bertz CT molecular complexity index is 1020. The third-order valence-electron chi connectivity index (χ3n) is 4.25. The molecule has 0 fully saturated rings. The monoisotopic (exact) mass is 420 g/mol. The van der Waals surface area contributed by atoms with Crippen molar-refractivity contribution < 1.29 is 22.4 Å². The van der Waals surface area contributed by atoms with Crippen molar-refractivity contribution >= 4 is 27.3 Å². The standard InChI is InChI=1S/C20H24N2O6S/c1-19(2,3)16-10-13(11-17(18(16)23)20(4,5)6)21-28-29(26,27)15-9-7-8-14(12-15)22(24)25/h7-12H,1-6H3. The molecule has 0 N–H and O–H groups in total. The summed E-state index contributed by atoms with van der Waals surface area (Å²) < 4.78 is 29.6. The van der Waals surface area contributed by atoms with E-state index in [1.807, 2.05) is 41.5 Å². The van der Waals surface area contributed by atoms with E-state index in [9.17, 15) is 23.3 Å². The fourth-order valence-corrected chi connectivity index (χ4v) is 3.45. The second-order valence-electron chi connectivity index (χ2n) is 8.74. The largest absolute Gasteiger partial charge is 0.358 e. The minimum absolute atomic E-state index is 0.120. The number of oxime groups is 1. The topological polar surface area (TPSA) is 116 Å². The van der Waals surface area contributed by atoms with E-state index in [-0.39, 0.29) is 22.1 Å². The fourth-order valence-electron chi connectivity index (χ4n) is 2.67. The third-order valence-corrected chi connectivity index (χ3v) is 5.35. The highest BCUT2D eigenvalue weighted by molar-refractivity contribution is 7.86. The van der Waals surface area contributed by atoms with Gasteiger partial charge in [-0.1, -0.05) is 52.8 Å². The summed E-state index contributed by atoms with van der Waals surface area (Å²) in [5.74, 6) is -0.120. The summed E-state index contributed by atoms with van der Waals surface area (Å²) in [6.07, 6.45) is 3.00. The van der Waals surface area contributed by atoms with Crippen LogP contribution < -0.4 is 0 Å². The molecule has 0 bridgehead atoms. The molecule has 0 spiro atoms. The highest BCUT2D eigenvalue weighted by atomic mass is 32.2. The summed E-state index contributed by atoms with van der Waals surface area (Å²) in [6, 6.07) is 4.50. The molecular formula is C20H24N2O6S. The predicted molar refractivity (Wildman–Crippen MR) is 109 cm³/mol. The number of carbonyl (C=O) groups excluding carboxylic acids is 1. The summed E-state index contributed by atoms with van der Waals surface area (Å²) in [4.78, 5) is 22.7. The lowest BCUT2D eigenvalue weighted by molar-refractivity contribution is -0.385. The Labute approximate surface area is 170 Å². The Balaban J connectivity index is 2.47. The van der Waals surface area contributed by atoms with Crippen LogP contribution in [0.2, 0.25) is 0 Å². The number of benzene rings is 1. The maximum Gasteiger partial charge on any atom is 0.358 e. The molecule has 0 atom stereocenters. The molecular weight excluding hydrogens is 396 g/mol. The summed E-state index contributed by atoms with van der Waals surface area (Å²) in [7, 11) is -4.37. The van der Waals surface area contributed by atoms with Gasteiger partial charge in [0, 0.05) is 23.3 Å². The fraction of sp³-hybridized carbons (Fsp3) is 0.400. The van der Waals surface area contributed by atoms with Gasteiger partial charge in [-0.15, -0.1) is 0 Å². The van der Waals surface area contributed by atoms with E-state index in [1.54, 1.807) is 0 Å². The van der Waals surface area contributed by atoms with E-state index in [1.165, 1.54) is 30.4 Å². The van der Waals surface area contributed by atoms with Crippen LogP contribution in [0.1, 0.15) is 41.5 Å². The zero-order chi connectivity index (χ0) is 22.2. The van der Waals surface area contributed by atoms with Crippen molar-refractivity contribution in [3.05, 3.63) is 57.7 Å². The first-order valence-corrected chi connectivity index (χ1v) is 10.3. The maximum absolute atomic E-state index is 12.9. The molecule has 1 aliphatic carbocycles. The van der Waals surface area contributed by atoms with Crippen molar-refractivity contribution in [2.45, 2.75) is 46.4 Å². The lowest BCUT2D eigenvalue weighted by atomic mass is 9.72. The zero-order valence-electron chi connectivity index (χ0n) is 17.2. The first-order valence-electron chi connectivity index (χ1n) is 8.88. The zero-order valence-corrected chi connectivity index (χ0v) is 18.0. The van der Waals surface area contributed by atoms with Crippen LogP contribution in [-0.4, -0.2) is 24.8 Å². The smallest absolute Gasteiger partial charge is 0.289 e. The molecule has 0 heterocycles. The number of hydrogen-bond acceptors (Lipinski definition) is 7. The van der Waals surface area contributed by atoms with Crippen molar-refractivity contribution in [2.24, 2.45) is 16.0 Å². The van der Waals surface area contributed by atoms with Crippen LogP contribution >= 0.6 is 0 Å². The molecule has 1 aromatic carbocycles. The number of nitrogens with zero attached hydrogens (tertiary/aromatic N) is 2. The number of nitro groups is 1. The predicted octanol–water partition coefficient (Wildman–Crippen LogP) is 4.18. The molecule has 0 aromatic heterocycles. The Morgan fingerprint density at radius 1 is 1.00 bits per heavy atom. The number of ketones is 1. The summed E-state index contributed by atoms with van der Waals surface area (Å²) in [5.41, 5.74) is -0.202. The van der Waals surface area contributed by atoms with Gasteiger partial charge in [-0.05, 0) is 29.0 Å². The van der Waals surface area contributed by atoms with E-state index in [2.05, 4.69) is 5.16 Å². The molecule has 0 unspecified atom stereocenters. The van der Waals surface area contributed by atoms with Crippen molar-refractivity contribution in [1.82, 2.24) is 0 Å². The van der Waals surface area contributed by atoms with Crippen molar-refractivity contribution in [3.8, 4) is 0 Å². The average Bonchev–Trinajstić information content (AvgIpc) is 2.59. The molecule has 156 valence electrons. The van der Waals surface area contributed by atoms with E-state index in [0.29, 0.717) is 11.1 Å². The maximum atomic E-state index is 12.9. The van der Waals surface area contributed by atoms with Crippen LogP contribution in [0.3, 0.4) is 0 Å². The van der Waals surface area contributed by atoms with Gasteiger partial charge in [0.2, 0.25) is 0 Å². The highest BCUT2D eigenvalue weighted by Gasteiger charge is 2.34. The number of carbonyl (C=O) groups is 1. The molecule has 0 amide bonds. The van der Waals surface area contributed by atoms with Gasteiger partial charge in [0.25, 0.3) is 5.69 Å². The van der Waals surface area contributed by atoms with Crippen LogP contribution in [-0.2, 0) is 19.2 Å². The number of nitro benzene ring substituents is 1. The lowest BCUT2D eigenvalue weighted by Crippen LogP contribution is -2.29. The summed E-state index contributed by atoms with van der Waals surface area (Å²) in [6.45, 7) is 11.3. The second kappa shape index (κ2) is 7.55. The van der Waals surface area contributed by atoms with Crippen LogP contribution in [0.5, 0.6) is 0 Å². The van der Waals surface area contributed by atoms with Gasteiger partial charge in [0.1, 0.15) is 10.6 Å². The minimum atomic E-state index is -4.37. The first kappa shape index (κ1) is 22.5. The van der Waals surface area contributed by atoms with E-state index < -0.39 is 25.9 Å². The van der Waals surface area contributed by atoms with E-state index >= 15 is 0 Å². The average molecular weight is 420 g/mol. The Morgan fingerprint density at radius 2 is 1.52 bits per heavy atom. The number of allylic oxidation sites excluding steroid dienone is 4. The Kier molecular flexibility index (Phi) is 5.85. The Morgan fingerprint density at radius 3 is 1.97 bits per heavy atom. The van der Waals surface area contributed by atoms with Crippen LogP contribution in [0.15, 0.2) is 57.6 Å². The molecule has 0 radical (unpaired) electrons. The van der Waals surface area contributed by atoms with E-state index in [0.717, 1.165) is 6.07 Å². The summed E-state index contributed by atoms with van der Waals surface area (Å²) in [5, 5.41) is 14.6. The van der Waals surface area contributed by atoms with E-state index in [4.69, 9.17) is 4.28 Å². The minimum Gasteiger partial charge on any atom is -0.289 e. The van der Waals surface area contributed by atoms with Gasteiger partial charge in [-0.3, -0.25) is 19.2 Å². The van der Waals surface area contributed by atoms with Gasteiger partial charge >= 0.3 is 10.1 Å². The molecule has 29 heavy (non-hydrogen) atoms. The number of non-ortho nitro benzene ring substituents is 1. The lowest BCUT2D eigenvalue weighted by Gasteiger charge is -2.30. The third kappa shape index (κ3) is 5.17. The number of Topliss-reactive ketones (excluding diaryl/α,β-unsaturated/α-hetero) is 1. The quantitative estimate of drug-likeness (QED) is 0.410. The van der Waals surface area contributed by atoms with Gasteiger partial charge in [-0.2, -0.15) is 8.42 Å². The molecule has 1 aromatic rings. The van der Waals surface area contributed by atoms with Crippen LogP contribution in [0, 0.1) is 20.9 Å². The van der Waals surface area contributed by atoms with Crippen molar-refractivity contribution in [2.75, 3.05) is 0 Å². The molecule has 9 heteroatoms. The van der Waals surface area contributed by atoms with Gasteiger partial charge in [-0.25, -0.2) is 0 Å². The molecule has 0 saturated heterocycles. The first-order chi connectivity index (χ1) is 13.1. The Hall–Kier alpha value is -2.81. The van der Waals surface area contributed by atoms with Gasteiger partial charge in [0.05, 0.1) is 4.92 Å². The normalized spacial score (nSPS) is 15.5. The molecule has 0 saturated carbocycles. The highest BCUT2D eigenvalue weighted by Crippen LogP contribution is 2.37. The molecule has 2 rings (SSSR count). The van der Waals surface area contributed by atoms with Crippen molar-refractivity contribution in [3.63, 3.8) is 0 Å². The van der Waals surface area contributed by atoms with Crippen molar-refractivity contribution in [1.29, 1.82) is 0 Å². The van der Waals surface area contributed by atoms with Gasteiger partial charge < -0.3 is 0 Å². The van der Waals surface area contributed by atoms with Crippen LogP contribution in [0.25, 0.3) is 0 Å². The second-order valence-corrected chi connectivity index (χ2v) is 10.3. The molecule has 8 nitrogen and oxygen atoms in total. The molecule has 0 aliphatic heterocycles. The SMILES string of the molecule is CC(C)(C)C1=CC(=NOS(=O)(=O)c2cccc([N+](=O)[O-])c2)C=C(C(C)(C)C)C1=O. The molecule has 1 aliphatic rings.